The molecule has 10 heteroatoms. The van der Waals surface area contributed by atoms with Crippen LogP contribution < -0.4 is 5.32 Å². The van der Waals surface area contributed by atoms with Crippen molar-refractivity contribution in [2.45, 2.75) is 52.0 Å². The van der Waals surface area contributed by atoms with Crippen molar-refractivity contribution in [3.05, 3.63) is 64.5 Å². The van der Waals surface area contributed by atoms with Crippen LogP contribution in [0.25, 0.3) is 0 Å². The van der Waals surface area contributed by atoms with Crippen molar-refractivity contribution in [1.82, 2.24) is 19.5 Å². The van der Waals surface area contributed by atoms with Gasteiger partial charge in [0.05, 0.1) is 22.9 Å². The van der Waals surface area contributed by atoms with E-state index in [1.54, 1.807) is 12.5 Å². The Labute approximate surface area is 217 Å². The van der Waals surface area contributed by atoms with Crippen molar-refractivity contribution in [3.8, 4) is 0 Å². The highest BCUT2D eigenvalue weighted by atomic mass is 32.2. The molecule has 4 rings (SSSR count). The number of nitrogens with one attached hydrogen (secondary N) is 1. The molecule has 1 amide bonds. The minimum absolute atomic E-state index is 0.0153. The molecule has 0 radical (unpaired) electrons. The van der Waals surface area contributed by atoms with Gasteiger partial charge < -0.3 is 5.32 Å². The van der Waals surface area contributed by atoms with E-state index in [0.717, 1.165) is 41.8 Å². The van der Waals surface area contributed by atoms with E-state index >= 15 is 0 Å². The monoisotopic (exact) mass is 536 g/mol. The molecule has 2 atom stereocenters. The van der Waals surface area contributed by atoms with Crippen LogP contribution in [0.3, 0.4) is 0 Å². The van der Waals surface area contributed by atoms with E-state index < -0.39 is 21.4 Å². The Morgan fingerprint density at radius 3 is 2.43 bits per heavy atom. The van der Waals surface area contributed by atoms with Crippen molar-refractivity contribution >= 4 is 21.5 Å². The second kappa shape index (κ2) is 10.7. The molecular weight excluding hydrogens is 501 g/mol. The van der Waals surface area contributed by atoms with Gasteiger partial charge in [-0.05, 0) is 59.9 Å². The smallest absolute Gasteiger partial charge is 0.352 e. The van der Waals surface area contributed by atoms with Gasteiger partial charge in [-0.1, -0.05) is 26.0 Å². The predicted octanol–water partition coefficient (Wildman–Crippen LogP) is 4.52. The van der Waals surface area contributed by atoms with Gasteiger partial charge in [0.15, 0.2) is 0 Å². The lowest BCUT2D eigenvalue weighted by atomic mass is 9.98. The van der Waals surface area contributed by atoms with Gasteiger partial charge >= 0.3 is 6.18 Å². The number of pyridine rings is 1. The number of piperidine rings is 1. The number of carbonyl (C=O) groups excluding carboxylic acids is 1. The minimum atomic E-state index is -4.35. The Kier molecular flexibility index (Phi) is 8.02. The molecule has 1 fully saturated rings. The normalized spacial score (nSPS) is 21.1. The summed E-state index contributed by atoms with van der Waals surface area (Å²) in [5, 5.41) is 3.03. The highest BCUT2D eigenvalue weighted by molar-refractivity contribution is 7.97. The van der Waals surface area contributed by atoms with Crippen LogP contribution in [0.5, 0.6) is 0 Å². The molecule has 2 aromatic rings. The van der Waals surface area contributed by atoms with E-state index in [-0.39, 0.29) is 17.9 Å². The summed E-state index contributed by atoms with van der Waals surface area (Å²) in [6.45, 7) is 7.25. The van der Waals surface area contributed by atoms with Crippen molar-refractivity contribution in [3.63, 3.8) is 0 Å². The van der Waals surface area contributed by atoms with E-state index in [4.69, 9.17) is 0 Å². The van der Waals surface area contributed by atoms with Gasteiger partial charge in [-0.25, -0.2) is 4.31 Å². The number of amides is 1. The van der Waals surface area contributed by atoms with Crippen LogP contribution in [0, 0.1) is 11.8 Å². The Morgan fingerprint density at radius 1 is 1.22 bits per heavy atom. The van der Waals surface area contributed by atoms with E-state index in [0.29, 0.717) is 44.2 Å². The third kappa shape index (κ3) is 6.53. The molecule has 1 aromatic heterocycles. The Balaban J connectivity index is 1.39. The summed E-state index contributed by atoms with van der Waals surface area (Å²) in [5.41, 5.74) is 2.54. The van der Waals surface area contributed by atoms with Gasteiger partial charge in [0.1, 0.15) is 0 Å². The molecule has 202 valence electrons. The lowest BCUT2D eigenvalue weighted by Crippen LogP contribution is -2.41. The molecule has 0 saturated carbocycles. The summed E-state index contributed by atoms with van der Waals surface area (Å²) < 4.78 is 52.8. The summed E-state index contributed by atoms with van der Waals surface area (Å²) in [7, 11) is -2.18. The predicted molar refractivity (Wildman–Crippen MR) is 140 cm³/mol. The van der Waals surface area contributed by atoms with Crippen molar-refractivity contribution in [2.75, 3.05) is 25.9 Å². The Hall–Kier alpha value is -2.43. The Morgan fingerprint density at radius 2 is 1.86 bits per heavy atom. The van der Waals surface area contributed by atoms with Crippen LogP contribution in [0.2, 0.25) is 0 Å². The van der Waals surface area contributed by atoms with E-state index in [1.165, 1.54) is 12.1 Å². The lowest BCUT2D eigenvalue weighted by Gasteiger charge is -2.32. The SMILES string of the molecule is C=S(C)(=O)N1CCC(CNC(=O)c2cnc3c(c2)CN(Cc2ccc(C(F)(F)F)cc2)[C@H]3C(C)C)CC1. The van der Waals surface area contributed by atoms with Crippen LogP contribution in [0.1, 0.15) is 65.5 Å². The van der Waals surface area contributed by atoms with Gasteiger partial charge in [-0.2, -0.15) is 13.2 Å². The van der Waals surface area contributed by atoms with E-state index in [9.17, 15) is 22.2 Å². The maximum atomic E-state index is 12.9. The zero-order valence-electron chi connectivity index (χ0n) is 21.6. The molecule has 0 bridgehead atoms. The number of carbonyl (C=O) groups is 1. The van der Waals surface area contributed by atoms with Gasteiger partial charge in [-0.15, -0.1) is 0 Å². The third-order valence-electron chi connectivity index (χ3n) is 7.28. The lowest BCUT2D eigenvalue weighted by molar-refractivity contribution is -0.137. The molecule has 0 aliphatic carbocycles. The molecule has 2 aliphatic heterocycles. The molecule has 37 heavy (non-hydrogen) atoms. The first kappa shape index (κ1) is 27.6. The molecular formula is C27H35F3N4O2S. The molecule has 1 aromatic carbocycles. The number of fused-ring (bicyclic) bond motifs is 1. The van der Waals surface area contributed by atoms with E-state index in [2.05, 4.69) is 34.9 Å². The summed E-state index contributed by atoms with van der Waals surface area (Å²) in [6.07, 6.45) is 0.636. The molecule has 0 spiro atoms. The summed E-state index contributed by atoms with van der Waals surface area (Å²) >= 11 is 0. The third-order valence-corrected chi connectivity index (χ3v) is 8.74. The maximum absolute atomic E-state index is 12.9. The first-order chi connectivity index (χ1) is 17.3. The minimum Gasteiger partial charge on any atom is -0.352 e. The number of halogens is 3. The standard InChI is InChI=1S/C27H35F3N4O2S/c1-18(2)25-24-22(17-33(25)16-20-5-7-23(8-6-20)27(28,29)30)13-21(15-31-24)26(35)32-14-19-9-11-34(12-10-19)37(3,4)36/h5-8,13,15,18-19,25H,3,9-12,14,16-17H2,1-2,4H3,(H,32,35)/t25-,37?/m0/s1. The molecule has 2 aliphatic rings. The number of alkyl halides is 3. The fourth-order valence-electron chi connectivity index (χ4n) is 5.29. The molecule has 1 saturated heterocycles. The highest BCUT2D eigenvalue weighted by Gasteiger charge is 2.35. The number of nitrogens with zero attached hydrogens (tertiary/aromatic N) is 3. The van der Waals surface area contributed by atoms with Crippen molar-refractivity contribution < 1.29 is 22.2 Å². The van der Waals surface area contributed by atoms with Crippen molar-refractivity contribution in [1.29, 1.82) is 0 Å². The van der Waals surface area contributed by atoms with Gasteiger partial charge in [0.25, 0.3) is 5.91 Å². The number of hydrogen-bond donors (Lipinski definition) is 1. The maximum Gasteiger partial charge on any atom is 0.416 e. The summed E-state index contributed by atoms with van der Waals surface area (Å²) in [6, 6.07) is 7.19. The first-order valence-electron chi connectivity index (χ1n) is 12.6. The van der Waals surface area contributed by atoms with Gasteiger partial charge in [0.2, 0.25) is 0 Å². The molecule has 3 heterocycles. The first-order valence-corrected chi connectivity index (χ1v) is 14.7. The zero-order valence-corrected chi connectivity index (χ0v) is 22.4. The summed E-state index contributed by atoms with van der Waals surface area (Å²) in [4.78, 5) is 19.7. The second-order valence-electron chi connectivity index (χ2n) is 10.6. The average Bonchev–Trinajstić information content (AvgIpc) is 3.19. The highest BCUT2D eigenvalue weighted by Crippen LogP contribution is 2.39. The number of benzene rings is 1. The fraction of sp³-hybridized carbons (Fsp3) is 0.519. The fourth-order valence-corrected chi connectivity index (χ4v) is 6.28. The number of aromatic nitrogens is 1. The topological polar surface area (TPSA) is 65.5 Å². The van der Waals surface area contributed by atoms with Crippen molar-refractivity contribution in [2.24, 2.45) is 11.8 Å². The van der Waals surface area contributed by atoms with Gasteiger partial charge in [0, 0.05) is 54.9 Å². The van der Waals surface area contributed by atoms with Crippen LogP contribution in [0.15, 0.2) is 36.5 Å². The molecule has 6 nitrogen and oxygen atoms in total. The molecule has 1 unspecified atom stereocenters. The van der Waals surface area contributed by atoms with Gasteiger partial charge in [-0.3, -0.25) is 18.9 Å². The largest absolute Gasteiger partial charge is 0.416 e. The van der Waals surface area contributed by atoms with E-state index in [1.807, 2.05) is 10.4 Å². The number of rotatable bonds is 7. The van der Waals surface area contributed by atoms with Crippen LogP contribution in [-0.2, 0) is 29.0 Å². The quantitative estimate of drug-likeness (QED) is 0.529. The van der Waals surface area contributed by atoms with Crippen LogP contribution >= 0.6 is 0 Å². The Bertz CT molecular complexity index is 1220. The summed E-state index contributed by atoms with van der Waals surface area (Å²) in [5.74, 6) is 4.15. The second-order valence-corrected chi connectivity index (χ2v) is 13.0. The zero-order chi connectivity index (χ0) is 27.0. The average molecular weight is 537 g/mol. The van der Waals surface area contributed by atoms with Crippen LogP contribution in [-0.4, -0.2) is 56.1 Å². The molecule has 1 N–H and O–H groups in total. The van der Waals surface area contributed by atoms with Crippen LogP contribution in [0.4, 0.5) is 13.2 Å². The number of hydrogen-bond acceptors (Lipinski definition) is 4.